The Labute approximate surface area is 121 Å². The Morgan fingerprint density at radius 1 is 1.25 bits per heavy atom. The van der Waals surface area contributed by atoms with Gasteiger partial charge in [-0.3, -0.25) is 9.59 Å². The van der Waals surface area contributed by atoms with Crippen LogP contribution in [0.15, 0.2) is 24.3 Å². The predicted molar refractivity (Wildman–Crippen MR) is 74.0 cm³/mol. The van der Waals surface area contributed by atoms with Crippen LogP contribution in [0.25, 0.3) is 0 Å². The van der Waals surface area contributed by atoms with E-state index in [1.165, 1.54) is 0 Å². The van der Waals surface area contributed by atoms with E-state index in [-0.39, 0.29) is 12.3 Å². The van der Waals surface area contributed by atoms with E-state index in [0.29, 0.717) is 36.6 Å². The molecule has 1 aromatic rings. The minimum atomic E-state index is -0.927. The number of aliphatic carboxylic acids is 1. The number of amides is 1. The summed E-state index contributed by atoms with van der Waals surface area (Å²) in [6.07, 6.45) is 0.896. The lowest BCUT2D eigenvalue weighted by Gasteiger charge is -2.36. The minimum Gasteiger partial charge on any atom is -0.481 e. The zero-order valence-corrected chi connectivity index (χ0v) is 11.7. The van der Waals surface area contributed by atoms with Gasteiger partial charge in [-0.25, -0.2) is 0 Å². The van der Waals surface area contributed by atoms with Crippen LogP contribution < -0.4 is 5.32 Å². The average molecular weight is 298 g/mol. The summed E-state index contributed by atoms with van der Waals surface area (Å²) in [6, 6.07) is 6.49. The van der Waals surface area contributed by atoms with Gasteiger partial charge in [0.05, 0.1) is 12.0 Å². The fourth-order valence-electron chi connectivity index (χ4n) is 2.31. The molecule has 1 heterocycles. The molecule has 1 fully saturated rings. The van der Waals surface area contributed by atoms with Crippen molar-refractivity contribution in [1.29, 1.82) is 0 Å². The van der Waals surface area contributed by atoms with Gasteiger partial charge in [-0.1, -0.05) is 11.6 Å². The first-order valence-corrected chi connectivity index (χ1v) is 6.76. The average Bonchev–Trinajstić information content (AvgIpc) is 2.39. The van der Waals surface area contributed by atoms with E-state index < -0.39 is 11.5 Å². The number of benzene rings is 1. The van der Waals surface area contributed by atoms with E-state index in [2.05, 4.69) is 5.32 Å². The maximum absolute atomic E-state index is 12.2. The number of hydrogen-bond acceptors (Lipinski definition) is 3. The molecule has 1 aliphatic heterocycles. The summed E-state index contributed by atoms with van der Waals surface area (Å²) in [6.45, 7) is 0.905. The summed E-state index contributed by atoms with van der Waals surface area (Å²) in [5, 5.41) is 12.4. The van der Waals surface area contributed by atoms with Crippen molar-refractivity contribution in [2.45, 2.75) is 24.8 Å². The molecule has 0 aliphatic carbocycles. The molecule has 0 spiro atoms. The van der Waals surface area contributed by atoms with Gasteiger partial charge >= 0.3 is 5.97 Å². The Hall–Kier alpha value is -1.59. The van der Waals surface area contributed by atoms with Crippen molar-refractivity contribution in [3.8, 4) is 0 Å². The van der Waals surface area contributed by atoms with E-state index >= 15 is 0 Å². The Kier molecular flexibility index (Phi) is 4.62. The van der Waals surface area contributed by atoms with Gasteiger partial charge < -0.3 is 15.2 Å². The van der Waals surface area contributed by atoms with E-state index in [1.54, 1.807) is 24.3 Å². The zero-order chi connectivity index (χ0) is 14.6. The first kappa shape index (κ1) is 14.8. The van der Waals surface area contributed by atoms with Crippen molar-refractivity contribution in [2.24, 2.45) is 0 Å². The van der Waals surface area contributed by atoms with Crippen LogP contribution in [-0.2, 0) is 9.53 Å². The molecular weight excluding hydrogens is 282 g/mol. The molecule has 5 nitrogen and oxygen atoms in total. The second-order valence-corrected chi connectivity index (χ2v) is 5.36. The van der Waals surface area contributed by atoms with Gasteiger partial charge in [-0.05, 0) is 37.1 Å². The SMILES string of the molecule is O=C(O)CC1(NC(=O)c2ccc(Cl)cc2)CCOCC1. The quantitative estimate of drug-likeness (QED) is 0.892. The van der Waals surface area contributed by atoms with Crippen molar-refractivity contribution in [2.75, 3.05) is 13.2 Å². The van der Waals surface area contributed by atoms with E-state index in [9.17, 15) is 9.59 Å². The molecule has 1 saturated heterocycles. The van der Waals surface area contributed by atoms with Crippen molar-refractivity contribution >= 4 is 23.5 Å². The number of halogens is 1. The highest BCUT2D eigenvalue weighted by molar-refractivity contribution is 6.30. The molecule has 0 radical (unpaired) electrons. The molecule has 1 aromatic carbocycles. The molecular formula is C14H16ClNO4. The van der Waals surface area contributed by atoms with Crippen LogP contribution in [0.1, 0.15) is 29.6 Å². The molecule has 6 heteroatoms. The predicted octanol–water partition coefficient (Wildman–Crippen LogP) is 2.09. The van der Waals surface area contributed by atoms with Gasteiger partial charge in [-0.15, -0.1) is 0 Å². The molecule has 0 aromatic heterocycles. The summed E-state index contributed by atoms with van der Waals surface area (Å²) in [7, 11) is 0. The normalized spacial score (nSPS) is 17.4. The third-order valence-electron chi connectivity index (χ3n) is 3.42. The van der Waals surface area contributed by atoms with Gasteiger partial charge in [0, 0.05) is 23.8 Å². The molecule has 1 aliphatic rings. The van der Waals surface area contributed by atoms with Crippen molar-refractivity contribution in [3.05, 3.63) is 34.9 Å². The van der Waals surface area contributed by atoms with Crippen LogP contribution in [0.5, 0.6) is 0 Å². The molecule has 2 rings (SSSR count). The Morgan fingerprint density at radius 2 is 1.85 bits per heavy atom. The number of carbonyl (C=O) groups is 2. The highest BCUT2D eigenvalue weighted by atomic mass is 35.5. The second kappa shape index (κ2) is 6.24. The maximum Gasteiger partial charge on any atom is 0.305 e. The Morgan fingerprint density at radius 3 is 2.40 bits per heavy atom. The third kappa shape index (κ3) is 3.71. The first-order valence-electron chi connectivity index (χ1n) is 6.38. The standard InChI is InChI=1S/C14H16ClNO4/c15-11-3-1-10(2-4-11)13(19)16-14(9-12(17)18)5-7-20-8-6-14/h1-4H,5-9H2,(H,16,19)(H,17,18). The van der Waals surface area contributed by atoms with Gasteiger partial charge in [0.15, 0.2) is 0 Å². The lowest BCUT2D eigenvalue weighted by Crippen LogP contribution is -2.53. The number of carbonyl (C=O) groups excluding carboxylic acids is 1. The van der Waals surface area contributed by atoms with Crippen LogP contribution >= 0.6 is 11.6 Å². The summed E-state index contributed by atoms with van der Waals surface area (Å²) in [5.41, 5.74) is -0.272. The Balaban J connectivity index is 2.12. The fourth-order valence-corrected chi connectivity index (χ4v) is 2.44. The van der Waals surface area contributed by atoms with Crippen LogP contribution in [0.2, 0.25) is 5.02 Å². The maximum atomic E-state index is 12.2. The van der Waals surface area contributed by atoms with E-state index in [4.69, 9.17) is 21.4 Å². The van der Waals surface area contributed by atoms with Gasteiger partial charge in [0.25, 0.3) is 5.91 Å². The van der Waals surface area contributed by atoms with E-state index in [1.807, 2.05) is 0 Å². The summed E-state index contributed by atoms with van der Waals surface area (Å²) in [4.78, 5) is 23.2. The summed E-state index contributed by atoms with van der Waals surface area (Å²) in [5.74, 6) is -1.21. The topological polar surface area (TPSA) is 75.6 Å². The molecule has 108 valence electrons. The summed E-state index contributed by atoms with van der Waals surface area (Å²) >= 11 is 5.78. The van der Waals surface area contributed by atoms with Gasteiger partial charge in [0.1, 0.15) is 0 Å². The highest BCUT2D eigenvalue weighted by Crippen LogP contribution is 2.25. The molecule has 2 N–H and O–H groups in total. The smallest absolute Gasteiger partial charge is 0.305 e. The zero-order valence-electron chi connectivity index (χ0n) is 10.9. The van der Waals surface area contributed by atoms with Crippen LogP contribution in [-0.4, -0.2) is 35.7 Å². The molecule has 0 unspecified atom stereocenters. The number of carboxylic acid groups (broad SMARTS) is 1. The lowest BCUT2D eigenvalue weighted by atomic mass is 9.86. The van der Waals surface area contributed by atoms with Crippen LogP contribution in [0.4, 0.5) is 0 Å². The third-order valence-corrected chi connectivity index (χ3v) is 3.68. The van der Waals surface area contributed by atoms with Crippen LogP contribution in [0, 0.1) is 0 Å². The molecule has 0 bridgehead atoms. The van der Waals surface area contributed by atoms with Crippen molar-refractivity contribution < 1.29 is 19.4 Å². The number of rotatable bonds is 4. The number of hydrogen-bond donors (Lipinski definition) is 2. The monoisotopic (exact) mass is 297 g/mol. The molecule has 20 heavy (non-hydrogen) atoms. The van der Waals surface area contributed by atoms with E-state index in [0.717, 1.165) is 0 Å². The highest BCUT2D eigenvalue weighted by Gasteiger charge is 2.36. The first-order chi connectivity index (χ1) is 9.51. The lowest BCUT2D eigenvalue weighted by molar-refractivity contribution is -0.139. The van der Waals surface area contributed by atoms with Gasteiger partial charge in [-0.2, -0.15) is 0 Å². The molecule has 0 saturated carbocycles. The largest absolute Gasteiger partial charge is 0.481 e. The fraction of sp³-hybridized carbons (Fsp3) is 0.429. The molecule has 0 atom stereocenters. The molecule has 1 amide bonds. The Bertz CT molecular complexity index is 494. The minimum absolute atomic E-state index is 0.101. The number of carboxylic acids is 1. The number of ether oxygens (including phenoxy) is 1. The van der Waals surface area contributed by atoms with Crippen molar-refractivity contribution in [3.63, 3.8) is 0 Å². The van der Waals surface area contributed by atoms with Crippen molar-refractivity contribution in [1.82, 2.24) is 5.32 Å². The number of nitrogens with one attached hydrogen (secondary N) is 1. The summed E-state index contributed by atoms with van der Waals surface area (Å²) < 4.78 is 5.25. The van der Waals surface area contributed by atoms with Gasteiger partial charge in [0.2, 0.25) is 0 Å². The second-order valence-electron chi connectivity index (χ2n) is 4.92. The van der Waals surface area contributed by atoms with Crippen LogP contribution in [0.3, 0.4) is 0 Å².